The number of rotatable bonds is 2. The van der Waals surface area contributed by atoms with E-state index in [1.807, 2.05) is 6.20 Å². The van der Waals surface area contributed by atoms with E-state index in [-0.39, 0.29) is 11.8 Å². The molecule has 1 aliphatic rings. The van der Waals surface area contributed by atoms with Gasteiger partial charge in [0.15, 0.2) is 0 Å². The van der Waals surface area contributed by atoms with Crippen LogP contribution in [0.15, 0.2) is 18.5 Å². The average Bonchev–Trinajstić information content (AvgIpc) is 2.29. The minimum absolute atomic E-state index is 0.0308. The highest BCUT2D eigenvalue weighted by molar-refractivity contribution is 5.77. The molecule has 4 nitrogen and oxygen atoms in total. The summed E-state index contributed by atoms with van der Waals surface area (Å²) in [6, 6.07) is 2.05. The molecule has 0 spiro atoms. The molecule has 16 heavy (non-hydrogen) atoms. The summed E-state index contributed by atoms with van der Waals surface area (Å²) >= 11 is 0. The number of aromatic nitrogens is 1. The fourth-order valence-electron chi connectivity index (χ4n) is 2.03. The highest BCUT2D eigenvalue weighted by Crippen LogP contribution is 2.27. The molecule has 0 aliphatic carbocycles. The Morgan fingerprint density at radius 3 is 3.06 bits per heavy atom. The van der Waals surface area contributed by atoms with Crippen LogP contribution in [0, 0.1) is 0 Å². The van der Waals surface area contributed by atoms with Gasteiger partial charge in [0.25, 0.3) is 0 Å². The maximum absolute atomic E-state index is 11.1. The van der Waals surface area contributed by atoms with Gasteiger partial charge in [0, 0.05) is 24.7 Å². The first-order valence-corrected chi connectivity index (χ1v) is 5.62. The third-order valence-electron chi connectivity index (χ3n) is 3.02. The van der Waals surface area contributed by atoms with Crippen LogP contribution in [0.3, 0.4) is 0 Å². The van der Waals surface area contributed by atoms with Gasteiger partial charge < -0.3 is 10.4 Å². The maximum Gasteiger partial charge on any atom is 0.222 e. The number of amides is 1. The van der Waals surface area contributed by atoms with Crippen LogP contribution in [0.2, 0.25) is 0 Å². The molecule has 2 rings (SSSR count). The van der Waals surface area contributed by atoms with Gasteiger partial charge in [0.2, 0.25) is 5.91 Å². The van der Waals surface area contributed by atoms with Gasteiger partial charge >= 0.3 is 0 Å². The molecule has 2 atom stereocenters. The van der Waals surface area contributed by atoms with E-state index < -0.39 is 6.23 Å². The van der Waals surface area contributed by atoms with Gasteiger partial charge in [-0.15, -0.1) is 0 Å². The number of piperidine rings is 1. The third-order valence-corrected chi connectivity index (χ3v) is 3.02. The number of hydrogen-bond acceptors (Lipinski definition) is 3. The molecule has 0 radical (unpaired) electrons. The monoisotopic (exact) mass is 220 g/mol. The Balaban J connectivity index is 2.19. The molecule has 0 bridgehead atoms. The molecular formula is C12H16N2O2. The Hall–Kier alpha value is -1.42. The fraction of sp³-hybridized carbons (Fsp3) is 0.500. The molecule has 86 valence electrons. The highest BCUT2D eigenvalue weighted by atomic mass is 16.3. The van der Waals surface area contributed by atoms with Crippen molar-refractivity contribution in [3.8, 4) is 0 Å². The second kappa shape index (κ2) is 4.61. The van der Waals surface area contributed by atoms with Crippen LogP contribution in [0.5, 0.6) is 0 Å². The van der Waals surface area contributed by atoms with E-state index in [9.17, 15) is 9.90 Å². The summed E-state index contributed by atoms with van der Waals surface area (Å²) in [5, 5.41) is 12.4. The van der Waals surface area contributed by atoms with Gasteiger partial charge in [0.05, 0.1) is 0 Å². The molecule has 1 saturated heterocycles. The zero-order chi connectivity index (χ0) is 11.5. The second-order valence-corrected chi connectivity index (χ2v) is 4.14. The summed E-state index contributed by atoms with van der Waals surface area (Å²) in [7, 11) is 0. The lowest BCUT2D eigenvalue weighted by Gasteiger charge is -2.28. The molecule has 0 aromatic carbocycles. The van der Waals surface area contributed by atoms with Gasteiger partial charge in [-0.2, -0.15) is 0 Å². The highest BCUT2D eigenvalue weighted by Gasteiger charge is 2.28. The van der Waals surface area contributed by atoms with Crippen molar-refractivity contribution < 1.29 is 9.90 Å². The maximum atomic E-state index is 11.1. The van der Waals surface area contributed by atoms with Gasteiger partial charge in [0.1, 0.15) is 6.23 Å². The van der Waals surface area contributed by atoms with Crippen LogP contribution in [0.1, 0.15) is 36.8 Å². The summed E-state index contributed by atoms with van der Waals surface area (Å²) in [6.07, 6.45) is 4.90. The summed E-state index contributed by atoms with van der Waals surface area (Å²) in [5.41, 5.74) is 2.16. The number of pyridine rings is 1. The van der Waals surface area contributed by atoms with Crippen molar-refractivity contribution in [3.63, 3.8) is 0 Å². The average molecular weight is 220 g/mol. The zero-order valence-corrected chi connectivity index (χ0v) is 9.31. The summed E-state index contributed by atoms with van der Waals surface area (Å²) < 4.78 is 0. The molecule has 1 fully saturated rings. The van der Waals surface area contributed by atoms with Crippen molar-refractivity contribution in [1.82, 2.24) is 10.3 Å². The Kier molecular flexibility index (Phi) is 3.19. The summed E-state index contributed by atoms with van der Waals surface area (Å²) in [6.45, 7) is 2.07. The minimum Gasteiger partial charge on any atom is -0.373 e. The minimum atomic E-state index is -0.782. The van der Waals surface area contributed by atoms with Gasteiger partial charge in [-0.1, -0.05) is 13.0 Å². The number of carbonyl (C=O) groups is 1. The van der Waals surface area contributed by atoms with Crippen LogP contribution in [-0.2, 0) is 11.2 Å². The molecule has 2 N–H and O–H groups in total. The standard InChI is InChI=1S/C12H16N2O2/c1-2-8-5-9(7-13-6-8)10-3-4-11(15)14-12(10)16/h5-7,10,12,16H,2-4H2,1H3,(H,14,15). The number of hydrogen-bond donors (Lipinski definition) is 2. The Labute approximate surface area is 94.7 Å². The molecule has 4 heteroatoms. The SMILES string of the molecule is CCc1cncc(C2CCC(=O)NC2O)c1. The number of aliphatic hydroxyl groups excluding tert-OH is 1. The molecule has 2 heterocycles. The molecule has 1 aliphatic heterocycles. The first-order chi connectivity index (χ1) is 7.70. The topological polar surface area (TPSA) is 62.2 Å². The smallest absolute Gasteiger partial charge is 0.222 e. The molecule has 1 amide bonds. The van der Waals surface area contributed by atoms with E-state index in [1.54, 1.807) is 6.20 Å². The van der Waals surface area contributed by atoms with E-state index in [0.29, 0.717) is 12.8 Å². The second-order valence-electron chi connectivity index (χ2n) is 4.14. The van der Waals surface area contributed by atoms with Gasteiger partial charge in [-0.05, 0) is 24.0 Å². The van der Waals surface area contributed by atoms with Crippen molar-refractivity contribution in [1.29, 1.82) is 0 Å². The lowest BCUT2D eigenvalue weighted by molar-refractivity contribution is -0.127. The first-order valence-electron chi connectivity index (χ1n) is 5.62. The zero-order valence-electron chi connectivity index (χ0n) is 9.31. The number of nitrogens with one attached hydrogen (secondary N) is 1. The van der Waals surface area contributed by atoms with Crippen molar-refractivity contribution in [2.24, 2.45) is 0 Å². The van der Waals surface area contributed by atoms with Crippen LogP contribution in [0.4, 0.5) is 0 Å². The van der Waals surface area contributed by atoms with Crippen molar-refractivity contribution in [2.75, 3.05) is 0 Å². The van der Waals surface area contributed by atoms with Gasteiger partial charge in [-0.25, -0.2) is 0 Å². The number of aryl methyl sites for hydroxylation is 1. The number of aliphatic hydroxyl groups is 1. The number of nitrogens with zero attached hydrogens (tertiary/aromatic N) is 1. The number of carbonyl (C=O) groups excluding carboxylic acids is 1. The molecular weight excluding hydrogens is 204 g/mol. The molecule has 0 saturated carbocycles. The summed E-state index contributed by atoms with van der Waals surface area (Å²) in [5.74, 6) is -0.111. The van der Waals surface area contributed by atoms with E-state index in [1.165, 1.54) is 0 Å². The van der Waals surface area contributed by atoms with E-state index in [4.69, 9.17) is 0 Å². The lowest BCUT2D eigenvalue weighted by Crippen LogP contribution is -2.43. The van der Waals surface area contributed by atoms with Crippen molar-refractivity contribution in [3.05, 3.63) is 29.6 Å². The van der Waals surface area contributed by atoms with E-state index in [0.717, 1.165) is 17.5 Å². The van der Waals surface area contributed by atoms with Crippen LogP contribution < -0.4 is 5.32 Å². The molecule has 1 aromatic rings. The lowest BCUT2D eigenvalue weighted by atomic mass is 9.90. The quantitative estimate of drug-likeness (QED) is 0.780. The predicted octanol–water partition coefficient (Wildman–Crippen LogP) is 0.956. The van der Waals surface area contributed by atoms with Crippen LogP contribution in [0.25, 0.3) is 0 Å². The Morgan fingerprint density at radius 2 is 2.38 bits per heavy atom. The molecule has 2 unspecified atom stereocenters. The third kappa shape index (κ3) is 2.22. The van der Waals surface area contributed by atoms with Gasteiger partial charge in [-0.3, -0.25) is 9.78 Å². The van der Waals surface area contributed by atoms with Crippen LogP contribution in [-0.4, -0.2) is 22.2 Å². The molecule has 1 aromatic heterocycles. The van der Waals surface area contributed by atoms with Crippen molar-refractivity contribution in [2.45, 2.75) is 38.3 Å². The van der Waals surface area contributed by atoms with E-state index >= 15 is 0 Å². The normalized spacial score (nSPS) is 25.2. The summed E-state index contributed by atoms with van der Waals surface area (Å²) in [4.78, 5) is 15.2. The van der Waals surface area contributed by atoms with Crippen molar-refractivity contribution >= 4 is 5.91 Å². The Bertz CT molecular complexity index is 392. The fourth-order valence-corrected chi connectivity index (χ4v) is 2.03. The predicted molar refractivity (Wildman–Crippen MR) is 59.7 cm³/mol. The van der Waals surface area contributed by atoms with Crippen LogP contribution >= 0.6 is 0 Å². The Morgan fingerprint density at radius 1 is 1.56 bits per heavy atom. The first kappa shape index (κ1) is 11.1. The van der Waals surface area contributed by atoms with E-state index in [2.05, 4.69) is 23.3 Å². The largest absolute Gasteiger partial charge is 0.373 e.